The molecule has 1 aromatic carbocycles. The van der Waals surface area contributed by atoms with Crippen molar-refractivity contribution in [2.75, 3.05) is 11.9 Å². The normalized spacial score (nSPS) is 10.8. The fourth-order valence-corrected chi connectivity index (χ4v) is 2.49. The Bertz CT molecular complexity index is 1030. The van der Waals surface area contributed by atoms with Crippen LogP contribution in [0.1, 0.15) is 34.5 Å². The van der Waals surface area contributed by atoms with Gasteiger partial charge in [-0.2, -0.15) is 0 Å². The summed E-state index contributed by atoms with van der Waals surface area (Å²) in [6, 6.07) is 6.45. The second-order valence-electron chi connectivity index (χ2n) is 5.67. The van der Waals surface area contributed by atoms with Crippen molar-refractivity contribution >= 4 is 23.0 Å². The molecule has 0 aliphatic heterocycles. The van der Waals surface area contributed by atoms with E-state index in [0.29, 0.717) is 18.1 Å². The first-order chi connectivity index (χ1) is 12.9. The summed E-state index contributed by atoms with van der Waals surface area (Å²) in [7, 11) is 0. The Kier molecular flexibility index (Phi) is 5.11. The van der Waals surface area contributed by atoms with E-state index < -0.39 is 35.0 Å². The summed E-state index contributed by atoms with van der Waals surface area (Å²) in [4.78, 5) is 28.9. The van der Waals surface area contributed by atoms with E-state index in [1.165, 1.54) is 4.40 Å². The molecule has 140 valence electrons. The Labute approximate surface area is 152 Å². The van der Waals surface area contributed by atoms with Gasteiger partial charge in [0, 0.05) is 12.7 Å². The lowest BCUT2D eigenvalue weighted by Crippen LogP contribution is -2.26. The molecule has 2 N–H and O–H groups in total. The minimum Gasteiger partial charge on any atom is -0.349 e. The smallest absolute Gasteiger partial charge is 0.287 e. The van der Waals surface area contributed by atoms with Crippen LogP contribution in [0.15, 0.2) is 36.5 Å². The first kappa shape index (κ1) is 18.4. The van der Waals surface area contributed by atoms with Crippen molar-refractivity contribution in [3.8, 4) is 0 Å². The number of fused-ring (bicyclic) bond motifs is 1. The first-order valence-corrected chi connectivity index (χ1v) is 8.14. The average molecular weight is 376 g/mol. The van der Waals surface area contributed by atoms with Gasteiger partial charge in [-0.15, -0.1) is 0 Å². The monoisotopic (exact) mass is 376 g/mol. The summed E-state index contributed by atoms with van der Waals surface area (Å²) in [5.41, 5.74) is -0.381. The molecule has 0 radical (unpaired) electrons. The third-order valence-corrected chi connectivity index (χ3v) is 3.79. The van der Waals surface area contributed by atoms with E-state index in [2.05, 4.69) is 15.6 Å². The predicted molar refractivity (Wildman–Crippen MR) is 92.1 cm³/mol. The molecule has 3 aromatic rings. The fraction of sp³-hybridized carbons (Fsp3) is 0.167. The molecule has 2 heterocycles. The Morgan fingerprint density at radius 1 is 1.07 bits per heavy atom. The van der Waals surface area contributed by atoms with Gasteiger partial charge >= 0.3 is 0 Å². The number of nitrogens with zero attached hydrogens (tertiary/aromatic N) is 2. The second kappa shape index (κ2) is 7.48. The van der Waals surface area contributed by atoms with Gasteiger partial charge in [0.05, 0.1) is 11.2 Å². The molecule has 2 amide bonds. The lowest BCUT2D eigenvalue weighted by atomic mass is 10.2. The van der Waals surface area contributed by atoms with E-state index >= 15 is 0 Å². The molecule has 0 aliphatic carbocycles. The lowest BCUT2D eigenvalue weighted by Gasteiger charge is -2.06. The van der Waals surface area contributed by atoms with Crippen LogP contribution in [-0.4, -0.2) is 27.7 Å². The Morgan fingerprint density at radius 3 is 2.59 bits per heavy atom. The van der Waals surface area contributed by atoms with Gasteiger partial charge in [0.15, 0.2) is 23.1 Å². The highest BCUT2D eigenvalue weighted by Crippen LogP contribution is 2.21. The second-order valence-corrected chi connectivity index (χ2v) is 5.67. The minimum absolute atomic E-state index is 0.0186. The molecule has 0 saturated heterocycles. The SMILES string of the molecule is CCCNC(=O)c1nc(C(=O)Nc2ccc(F)c(F)c2F)c2ccccn12. The first-order valence-electron chi connectivity index (χ1n) is 8.14. The highest BCUT2D eigenvalue weighted by Gasteiger charge is 2.23. The lowest BCUT2D eigenvalue weighted by molar-refractivity contribution is 0.0942. The maximum absolute atomic E-state index is 13.8. The number of hydrogen-bond donors (Lipinski definition) is 2. The molecule has 2 aromatic heterocycles. The number of rotatable bonds is 5. The molecule has 0 spiro atoms. The molecule has 6 nitrogen and oxygen atoms in total. The number of aromatic nitrogens is 2. The Hall–Kier alpha value is -3.36. The zero-order valence-electron chi connectivity index (χ0n) is 14.2. The van der Waals surface area contributed by atoms with Gasteiger partial charge in [-0.3, -0.25) is 14.0 Å². The van der Waals surface area contributed by atoms with E-state index in [-0.39, 0.29) is 11.5 Å². The topological polar surface area (TPSA) is 75.5 Å². The summed E-state index contributed by atoms with van der Waals surface area (Å²) in [5.74, 6) is -5.94. The van der Waals surface area contributed by atoms with Crippen LogP contribution in [0.5, 0.6) is 0 Å². The molecule has 3 rings (SSSR count). The van der Waals surface area contributed by atoms with Gasteiger partial charge in [0.1, 0.15) is 0 Å². The Balaban J connectivity index is 1.98. The number of carbonyl (C=O) groups is 2. The van der Waals surface area contributed by atoms with E-state index in [1.54, 1.807) is 24.4 Å². The standard InChI is InChI=1S/C18H15F3N4O2/c1-2-8-22-18(27)16-24-15(12-5-3-4-9-25(12)16)17(26)23-11-7-6-10(19)13(20)14(11)21/h3-7,9H,2,8H2,1H3,(H,22,27)(H,23,26). The number of amides is 2. The Morgan fingerprint density at radius 2 is 1.85 bits per heavy atom. The van der Waals surface area contributed by atoms with Crippen LogP contribution in [0.4, 0.5) is 18.9 Å². The summed E-state index contributed by atoms with van der Waals surface area (Å²) in [6.07, 6.45) is 2.27. The number of halogens is 3. The number of nitrogens with one attached hydrogen (secondary N) is 2. The highest BCUT2D eigenvalue weighted by molar-refractivity contribution is 6.09. The van der Waals surface area contributed by atoms with Crippen LogP contribution in [0.25, 0.3) is 5.52 Å². The zero-order chi connectivity index (χ0) is 19.6. The largest absolute Gasteiger partial charge is 0.349 e. The van der Waals surface area contributed by atoms with E-state index in [1.807, 2.05) is 6.92 Å². The summed E-state index contributed by atoms with van der Waals surface area (Å²) in [6.45, 7) is 2.32. The van der Waals surface area contributed by atoms with Gasteiger partial charge in [-0.05, 0) is 30.7 Å². The number of benzene rings is 1. The maximum atomic E-state index is 13.8. The van der Waals surface area contributed by atoms with Crippen molar-refractivity contribution in [3.63, 3.8) is 0 Å². The molecule has 0 atom stereocenters. The van der Waals surface area contributed by atoms with Crippen LogP contribution in [0, 0.1) is 17.5 Å². The molecular formula is C18H15F3N4O2. The van der Waals surface area contributed by atoms with Crippen molar-refractivity contribution < 1.29 is 22.8 Å². The third-order valence-electron chi connectivity index (χ3n) is 3.79. The number of anilines is 1. The van der Waals surface area contributed by atoms with E-state index in [4.69, 9.17) is 0 Å². The number of hydrogen-bond acceptors (Lipinski definition) is 3. The van der Waals surface area contributed by atoms with E-state index in [9.17, 15) is 22.8 Å². The van der Waals surface area contributed by atoms with Gasteiger partial charge in [0.25, 0.3) is 11.8 Å². The molecular weight excluding hydrogens is 361 g/mol. The van der Waals surface area contributed by atoms with Crippen molar-refractivity contribution in [2.45, 2.75) is 13.3 Å². The quantitative estimate of drug-likeness (QED) is 0.672. The summed E-state index contributed by atoms with van der Waals surface area (Å²) >= 11 is 0. The minimum atomic E-state index is -1.69. The molecule has 9 heteroatoms. The van der Waals surface area contributed by atoms with Gasteiger partial charge < -0.3 is 10.6 Å². The molecule has 0 unspecified atom stereocenters. The number of pyridine rings is 1. The molecule has 0 fully saturated rings. The summed E-state index contributed by atoms with van der Waals surface area (Å²) in [5, 5.41) is 4.81. The van der Waals surface area contributed by atoms with Crippen molar-refractivity contribution in [1.82, 2.24) is 14.7 Å². The molecule has 0 saturated carbocycles. The van der Waals surface area contributed by atoms with Gasteiger partial charge in [-0.25, -0.2) is 18.2 Å². The van der Waals surface area contributed by atoms with Crippen LogP contribution < -0.4 is 10.6 Å². The predicted octanol–water partition coefficient (Wildman–Crippen LogP) is 3.14. The van der Waals surface area contributed by atoms with Crippen molar-refractivity contribution in [1.29, 1.82) is 0 Å². The average Bonchev–Trinajstić information content (AvgIpc) is 3.06. The maximum Gasteiger partial charge on any atom is 0.287 e. The van der Waals surface area contributed by atoms with Crippen LogP contribution in [-0.2, 0) is 0 Å². The zero-order valence-corrected chi connectivity index (χ0v) is 14.2. The summed E-state index contributed by atoms with van der Waals surface area (Å²) < 4.78 is 41.6. The number of carbonyl (C=O) groups excluding carboxylic acids is 2. The van der Waals surface area contributed by atoms with Gasteiger partial charge in [0.2, 0.25) is 5.82 Å². The molecule has 0 aliphatic rings. The van der Waals surface area contributed by atoms with E-state index in [0.717, 1.165) is 12.5 Å². The molecule has 0 bridgehead atoms. The van der Waals surface area contributed by atoms with Crippen molar-refractivity contribution in [3.05, 3.63) is 65.5 Å². The van der Waals surface area contributed by atoms with Crippen molar-refractivity contribution in [2.24, 2.45) is 0 Å². The van der Waals surface area contributed by atoms with Gasteiger partial charge in [-0.1, -0.05) is 13.0 Å². The third kappa shape index (κ3) is 3.48. The highest BCUT2D eigenvalue weighted by atomic mass is 19.2. The fourth-order valence-electron chi connectivity index (χ4n) is 2.49. The van der Waals surface area contributed by atoms with Crippen LogP contribution >= 0.6 is 0 Å². The van der Waals surface area contributed by atoms with Crippen LogP contribution in [0.3, 0.4) is 0 Å². The molecule has 27 heavy (non-hydrogen) atoms. The number of imidazole rings is 1. The van der Waals surface area contributed by atoms with Crippen LogP contribution in [0.2, 0.25) is 0 Å².